The summed E-state index contributed by atoms with van der Waals surface area (Å²) in [5, 5.41) is 9.36. The van der Waals surface area contributed by atoms with Crippen molar-refractivity contribution >= 4 is 0 Å². The van der Waals surface area contributed by atoms with Crippen molar-refractivity contribution in [1.29, 1.82) is 0 Å². The Hall–Kier alpha value is -1.06. The molecule has 0 aliphatic carbocycles. The van der Waals surface area contributed by atoms with Gasteiger partial charge in [0.15, 0.2) is 0 Å². The number of aliphatic hydroxyl groups is 1. The largest absolute Gasteiger partial charge is 0.494 e. The third kappa shape index (κ3) is 4.50. The lowest BCUT2D eigenvalue weighted by atomic mass is 9.84. The SMILES string of the molecule is CCOc1ccc(C(CC)CC(CN)CO)c(CC)c1. The Kier molecular flexibility index (Phi) is 7.63. The van der Waals surface area contributed by atoms with E-state index in [0.717, 1.165) is 25.0 Å². The average molecular weight is 279 g/mol. The van der Waals surface area contributed by atoms with Gasteiger partial charge in [0.05, 0.1) is 6.61 Å². The molecular formula is C17H29NO2. The molecule has 3 N–H and O–H groups in total. The van der Waals surface area contributed by atoms with Crippen LogP contribution < -0.4 is 10.5 Å². The molecule has 0 fully saturated rings. The van der Waals surface area contributed by atoms with Crippen molar-refractivity contribution < 1.29 is 9.84 Å². The number of aryl methyl sites for hydroxylation is 1. The minimum Gasteiger partial charge on any atom is -0.494 e. The Morgan fingerprint density at radius 2 is 2.00 bits per heavy atom. The van der Waals surface area contributed by atoms with Crippen molar-refractivity contribution in [2.45, 2.75) is 46.0 Å². The number of nitrogens with two attached hydrogens (primary N) is 1. The lowest BCUT2D eigenvalue weighted by molar-refractivity contribution is 0.214. The molecule has 1 aromatic rings. The van der Waals surface area contributed by atoms with Gasteiger partial charge >= 0.3 is 0 Å². The van der Waals surface area contributed by atoms with Crippen molar-refractivity contribution in [3.63, 3.8) is 0 Å². The van der Waals surface area contributed by atoms with Crippen LogP contribution in [-0.4, -0.2) is 24.9 Å². The maximum absolute atomic E-state index is 9.36. The van der Waals surface area contributed by atoms with Gasteiger partial charge in [0.25, 0.3) is 0 Å². The summed E-state index contributed by atoms with van der Waals surface area (Å²) in [6, 6.07) is 6.39. The number of benzene rings is 1. The fourth-order valence-corrected chi connectivity index (χ4v) is 2.70. The van der Waals surface area contributed by atoms with Crippen LogP contribution in [0.1, 0.15) is 50.7 Å². The van der Waals surface area contributed by atoms with Gasteiger partial charge in [-0.2, -0.15) is 0 Å². The number of aliphatic hydroxyl groups excluding tert-OH is 1. The van der Waals surface area contributed by atoms with Crippen LogP contribution in [0, 0.1) is 5.92 Å². The molecule has 0 radical (unpaired) electrons. The number of ether oxygens (including phenoxy) is 1. The molecule has 0 aliphatic heterocycles. The van der Waals surface area contributed by atoms with Crippen LogP contribution in [0.2, 0.25) is 0 Å². The lowest BCUT2D eigenvalue weighted by Gasteiger charge is -2.23. The van der Waals surface area contributed by atoms with E-state index < -0.39 is 0 Å². The van der Waals surface area contributed by atoms with Crippen molar-refractivity contribution in [1.82, 2.24) is 0 Å². The summed E-state index contributed by atoms with van der Waals surface area (Å²) in [4.78, 5) is 0. The second-order valence-corrected chi connectivity index (χ2v) is 5.27. The summed E-state index contributed by atoms with van der Waals surface area (Å²) in [6.07, 6.45) is 3.02. The molecule has 0 bridgehead atoms. The molecule has 0 aromatic heterocycles. The summed E-state index contributed by atoms with van der Waals surface area (Å²) in [7, 11) is 0. The molecule has 0 saturated carbocycles. The van der Waals surface area contributed by atoms with Gasteiger partial charge < -0.3 is 15.6 Å². The van der Waals surface area contributed by atoms with Gasteiger partial charge in [-0.3, -0.25) is 0 Å². The Morgan fingerprint density at radius 3 is 2.50 bits per heavy atom. The van der Waals surface area contributed by atoms with E-state index in [0.29, 0.717) is 19.1 Å². The number of hydrogen-bond acceptors (Lipinski definition) is 3. The topological polar surface area (TPSA) is 55.5 Å². The second kappa shape index (κ2) is 8.98. The molecule has 3 nitrogen and oxygen atoms in total. The molecule has 0 spiro atoms. The Labute approximate surface area is 123 Å². The van der Waals surface area contributed by atoms with E-state index in [1.54, 1.807) is 0 Å². The van der Waals surface area contributed by atoms with Crippen molar-refractivity contribution in [3.8, 4) is 5.75 Å². The van der Waals surface area contributed by atoms with Crippen LogP contribution in [0.5, 0.6) is 5.75 Å². The lowest BCUT2D eigenvalue weighted by Crippen LogP contribution is -2.21. The third-order valence-electron chi connectivity index (χ3n) is 3.95. The Balaban J connectivity index is 2.96. The monoisotopic (exact) mass is 279 g/mol. The Bertz CT molecular complexity index is 389. The van der Waals surface area contributed by atoms with Crippen molar-refractivity contribution in [2.75, 3.05) is 19.8 Å². The molecule has 20 heavy (non-hydrogen) atoms. The van der Waals surface area contributed by atoms with Gasteiger partial charge in [-0.05, 0) is 67.8 Å². The van der Waals surface area contributed by atoms with E-state index in [9.17, 15) is 5.11 Å². The summed E-state index contributed by atoms with van der Waals surface area (Å²) < 4.78 is 5.58. The standard InChI is InChI=1S/C17H29NO2/c1-4-14(9-13(11-18)12-19)17-8-7-16(20-6-3)10-15(17)5-2/h7-8,10,13-14,19H,4-6,9,11-12,18H2,1-3H3. The predicted molar refractivity (Wildman–Crippen MR) is 84.3 cm³/mol. The quantitative estimate of drug-likeness (QED) is 0.730. The van der Waals surface area contributed by atoms with Gasteiger partial charge in [0, 0.05) is 6.61 Å². The van der Waals surface area contributed by atoms with Gasteiger partial charge in [-0.1, -0.05) is 19.9 Å². The molecule has 0 amide bonds. The number of hydrogen-bond donors (Lipinski definition) is 2. The first-order valence-electron chi connectivity index (χ1n) is 7.76. The summed E-state index contributed by atoms with van der Waals surface area (Å²) >= 11 is 0. The van der Waals surface area contributed by atoms with Gasteiger partial charge in [-0.25, -0.2) is 0 Å². The minimum atomic E-state index is 0.172. The van der Waals surface area contributed by atoms with Crippen LogP contribution in [0.15, 0.2) is 18.2 Å². The molecule has 2 atom stereocenters. The van der Waals surface area contributed by atoms with Crippen LogP contribution in [0.3, 0.4) is 0 Å². The van der Waals surface area contributed by atoms with E-state index >= 15 is 0 Å². The van der Waals surface area contributed by atoms with E-state index in [4.69, 9.17) is 10.5 Å². The first kappa shape index (κ1) is 17.0. The van der Waals surface area contributed by atoms with E-state index in [1.165, 1.54) is 11.1 Å². The normalized spacial score (nSPS) is 14.1. The maximum Gasteiger partial charge on any atom is 0.119 e. The molecule has 0 heterocycles. The average Bonchev–Trinajstić information content (AvgIpc) is 2.49. The summed E-state index contributed by atoms with van der Waals surface area (Å²) in [6.45, 7) is 7.79. The maximum atomic E-state index is 9.36. The highest BCUT2D eigenvalue weighted by Gasteiger charge is 2.18. The van der Waals surface area contributed by atoms with Crippen LogP contribution in [-0.2, 0) is 6.42 Å². The van der Waals surface area contributed by atoms with E-state index in [-0.39, 0.29) is 12.5 Å². The molecule has 1 aromatic carbocycles. The van der Waals surface area contributed by atoms with Gasteiger partial charge in [0.1, 0.15) is 5.75 Å². The molecule has 3 heteroatoms. The minimum absolute atomic E-state index is 0.172. The van der Waals surface area contributed by atoms with Crippen molar-refractivity contribution in [2.24, 2.45) is 11.7 Å². The van der Waals surface area contributed by atoms with Gasteiger partial charge in [-0.15, -0.1) is 0 Å². The smallest absolute Gasteiger partial charge is 0.119 e. The first-order valence-corrected chi connectivity index (χ1v) is 7.76. The zero-order valence-corrected chi connectivity index (χ0v) is 13.1. The van der Waals surface area contributed by atoms with Crippen LogP contribution in [0.25, 0.3) is 0 Å². The summed E-state index contributed by atoms with van der Waals surface area (Å²) in [5.41, 5.74) is 8.44. The molecule has 0 aliphatic rings. The molecule has 0 saturated heterocycles. The second-order valence-electron chi connectivity index (χ2n) is 5.27. The predicted octanol–water partition coefficient (Wildman–Crippen LogP) is 3.10. The van der Waals surface area contributed by atoms with Crippen LogP contribution >= 0.6 is 0 Å². The van der Waals surface area contributed by atoms with Gasteiger partial charge in [0.2, 0.25) is 0 Å². The highest BCUT2D eigenvalue weighted by Crippen LogP contribution is 2.31. The zero-order valence-electron chi connectivity index (χ0n) is 13.1. The van der Waals surface area contributed by atoms with Crippen LogP contribution in [0.4, 0.5) is 0 Å². The molecule has 1 rings (SSSR count). The molecule has 114 valence electrons. The summed E-state index contributed by atoms with van der Waals surface area (Å²) in [5.74, 6) is 1.60. The van der Waals surface area contributed by atoms with E-state index in [2.05, 4.69) is 32.0 Å². The van der Waals surface area contributed by atoms with Crippen molar-refractivity contribution in [3.05, 3.63) is 29.3 Å². The molecular weight excluding hydrogens is 250 g/mol. The third-order valence-corrected chi connectivity index (χ3v) is 3.95. The molecule has 2 unspecified atom stereocenters. The Morgan fingerprint density at radius 1 is 1.25 bits per heavy atom. The first-order chi connectivity index (χ1) is 9.69. The van der Waals surface area contributed by atoms with E-state index in [1.807, 2.05) is 6.92 Å². The number of rotatable bonds is 9. The zero-order chi connectivity index (χ0) is 15.0. The fraction of sp³-hybridized carbons (Fsp3) is 0.647. The highest BCUT2D eigenvalue weighted by atomic mass is 16.5. The highest BCUT2D eigenvalue weighted by molar-refractivity contribution is 5.38. The fourth-order valence-electron chi connectivity index (χ4n) is 2.70.